The van der Waals surface area contributed by atoms with Gasteiger partial charge in [-0.2, -0.15) is 5.10 Å². The Labute approximate surface area is 124 Å². The van der Waals surface area contributed by atoms with Gasteiger partial charge in [0.25, 0.3) is 0 Å². The topological polar surface area (TPSA) is 81.8 Å². The quantitative estimate of drug-likeness (QED) is 0.865. The second kappa shape index (κ2) is 5.27. The molecule has 1 aliphatic carbocycles. The van der Waals surface area contributed by atoms with Crippen molar-refractivity contribution in [1.29, 1.82) is 0 Å². The highest BCUT2D eigenvalue weighted by Crippen LogP contribution is 2.41. The summed E-state index contributed by atoms with van der Waals surface area (Å²) in [5.41, 5.74) is 0. The Hall–Kier alpha value is -1.67. The van der Waals surface area contributed by atoms with Crippen LogP contribution in [0.4, 0.5) is 0 Å². The molecule has 0 radical (unpaired) electrons. The molecular weight excluding hydrogens is 290 g/mol. The number of imidazole rings is 1. The minimum absolute atomic E-state index is 0.198. The van der Waals surface area contributed by atoms with E-state index in [1.807, 2.05) is 24.7 Å². The number of hydrogen-bond acceptors (Lipinski definition) is 4. The van der Waals surface area contributed by atoms with Gasteiger partial charge in [0, 0.05) is 32.2 Å². The number of nitrogens with one attached hydrogen (secondary N) is 1. The fraction of sp³-hybridized carbons (Fsp3) is 0.538. The predicted molar refractivity (Wildman–Crippen MR) is 76.9 cm³/mol. The molecule has 0 saturated heterocycles. The molecule has 8 heteroatoms. The van der Waals surface area contributed by atoms with E-state index in [1.165, 1.54) is 6.20 Å². The summed E-state index contributed by atoms with van der Waals surface area (Å²) < 4.78 is 31.3. The Morgan fingerprint density at radius 1 is 1.48 bits per heavy atom. The zero-order chi connectivity index (χ0) is 15.0. The minimum atomic E-state index is -3.58. The third-order valence-corrected chi connectivity index (χ3v) is 5.15. The molecule has 0 spiro atoms. The molecule has 2 aromatic heterocycles. The van der Waals surface area contributed by atoms with Gasteiger partial charge in [-0.25, -0.2) is 18.1 Å². The van der Waals surface area contributed by atoms with Crippen LogP contribution >= 0.6 is 0 Å². The van der Waals surface area contributed by atoms with Crippen LogP contribution in [0.5, 0.6) is 0 Å². The first-order chi connectivity index (χ1) is 10.0. The largest absolute Gasteiger partial charge is 0.337 e. The number of rotatable bonds is 6. The molecule has 1 atom stereocenters. The normalized spacial score (nSPS) is 17.0. The second-order valence-corrected chi connectivity index (χ2v) is 7.08. The number of nitrogens with zero attached hydrogens (tertiary/aromatic N) is 4. The van der Waals surface area contributed by atoms with Gasteiger partial charge in [0.15, 0.2) is 0 Å². The van der Waals surface area contributed by atoms with Crippen LogP contribution in [-0.4, -0.2) is 27.7 Å². The molecule has 7 nitrogen and oxygen atoms in total. The molecule has 2 aromatic rings. The molecule has 1 aliphatic rings. The molecule has 0 aromatic carbocycles. The van der Waals surface area contributed by atoms with Crippen LogP contribution in [0.2, 0.25) is 0 Å². The zero-order valence-electron chi connectivity index (χ0n) is 12.1. The zero-order valence-corrected chi connectivity index (χ0v) is 12.9. The summed E-state index contributed by atoms with van der Waals surface area (Å²) in [5, 5.41) is 4.03. The molecule has 2 heterocycles. The molecule has 1 saturated carbocycles. The number of aromatic nitrogens is 4. The average Bonchev–Trinajstić information content (AvgIpc) is 3.00. The van der Waals surface area contributed by atoms with E-state index in [-0.39, 0.29) is 10.9 Å². The fourth-order valence-electron chi connectivity index (χ4n) is 2.36. The minimum Gasteiger partial charge on any atom is -0.337 e. The van der Waals surface area contributed by atoms with Crippen LogP contribution in [0, 0.1) is 5.92 Å². The lowest BCUT2D eigenvalue weighted by Crippen LogP contribution is -2.31. The van der Waals surface area contributed by atoms with Gasteiger partial charge in [-0.05, 0) is 25.7 Å². The highest BCUT2D eigenvalue weighted by Gasteiger charge is 2.37. The Bertz CT molecular complexity index is 729. The fourth-order valence-corrected chi connectivity index (χ4v) is 3.57. The van der Waals surface area contributed by atoms with Crippen molar-refractivity contribution in [2.75, 3.05) is 0 Å². The highest BCUT2D eigenvalue weighted by molar-refractivity contribution is 7.89. The van der Waals surface area contributed by atoms with Gasteiger partial charge in [-0.3, -0.25) is 4.68 Å². The molecule has 0 aliphatic heterocycles. The van der Waals surface area contributed by atoms with Crippen molar-refractivity contribution >= 4 is 10.0 Å². The lowest BCUT2D eigenvalue weighted by Gasteiger charge is -2.17. The maximum atomic E-state index is 12.5. The molecule has 1 N–H and O–H groups in total. The first-order valence-electron chi connectivity index (χ1n) is 7.03. The van der Waals surface area contributed by atoms with Gasteiger partial charge in [0.05, 0.1) is 12.2 Å². The predicted octanol–water partition coefficient (Wildman–Crippen LogP) is 1.07. The van der Waals surface area contributed by atoms with E-state index >= 15 is 0 Å². The summed E-state index contributed by atoms with van der Waals surface area (Å²) in [6.45, 7) is 2.55. The number of sulfonamides is 1. The molecule has 1 fully saturated rings. The van der Waals surface area contributed by atoms with Crippen molar-refractivity contribution < 1.29 is 8.42 Å². The van der Waals surface area contributed by atoms with Crippen LogP contribution < -0.4 is 4.72 Å². The molecule has 0 unspecified atom stereocenters. The summed E-state index contributed by atoms with van der Waals surface area (Å²) in [6.07, 6.45) is 8.49. The summed E-state index contributed by atoms with van der Waals surface area (Å²) in [4.78, 5) is 4.49. The summed E-state index contributed by atoms with van der Waals surface area (Å²) in [6, 6.07) is -0.278. The third-order valence-electron chi connectivity index (χ3n) is 3.76. The Kier molecular flexibility index (Phi) is 3.58. The molecule has 0 bridgehead atoms. The van der Waals surface area contributed by atoms with E-state index in [9.17, 15) is 8.42 Å². The van der Waals surface area contributed by atoms with Crippen molar-refractivity contribution in [3.05, 3.63) is 30.6 Å². The lowest BCUT2D eigenvalue weighted by molar-refractivity contribution is 0.500. The Morgan fingerprint density at radius 3 is 2.76 bits per heavy atom. The van der Waals surface area contributed by atoms with Crippen molar-refractivity contribution in [2.45, 2.75) is 37.2 Å². The van der Waals surface area contributed by atoms with Gasteiger partial charge in [-0.1, -0.05) is 0 Å². The van der Waals surface area contributed by atoms with Gasteiger partial charge < -0.3 is 4.57 Å². The first kappa shape index (κ1) is 14.3. The van der Waals surface area contributed by atoms with Crippen molar-refractivity contribution in [3.8, 4) is 0 Å². The molecule has 114 valence electrons. The monoisotopic (exact) mass is 309 g/mol. The maximum absolute atomic E-state index is 12.5. The first-order valence-corrected chi connectivity index (χ1v) is 8.51. The van der Waals surface area contributed by atoms with Crippen molar-refractivity contribution in [2.24, 2.45) is 13.0 Å². The van der Waals surface area contributed by atoms with E-state index in [0.29, 0.717) is 12.5 Å². The maximum Gasteiger partial charge on any atom is 0.244 e. The smallest absolute Gasteiger partial charge is 0.244 e. The summed E-state index contributed by atoms with van der Waals surface area (Å²) in [7, 11) is -1.71. The Morgan fingerprint density at radius 2 is 2.24 bits per heavy atom. The van der Waals surface area contributed by atoms with Crippen LogP contribution in [0.25, 0.3) is 0 Å². The molecule has 21 heavy (non-hydrogen) atoms. The van der Waals surface area contributed by atoms with E-state index < -0.39 is 10.0 Å². The van der Waals surface area contributed by atoms with E-state index in [2.05, 4.69) is 14.8 Å². The van der Waals surface area contributed by atoms with Gasteiger partial charge in [-0.15, -0.1) is 0 Å². The standard InChI is InChI=1S/C13H19N5O2S/c1-3-18-9-11(8-15-18)21(19,20)16-12(10-4-5-10)13-14-6-7-17(13)2/h6-10,12,16H,3-5H2,1-2H3/t12-/m1/s1. The highest BCUT2D eigenvalue weighted by atomic mass is 32.2. The van der Waals surface area contributed by atoms with Crippen LogP contribution in [-0.2, 0) is 23.6 Å². The third kappa shape index (κ3) is 2.86. The number of hydrogen-bond donors (Lipinski definition) is 1. The van der Waals surface area contributed by atoms with Crippen LogP contribution in [0.3, 0.4) is 0 Å². The van der Waals surface area contributed by atoms with Crippen LogP contribution in [0.1, 0.15) is 31.6 Å². The summed E-state index contributed by atoms with van der Waals surface area (Å²) >= 11 is 0. The molecule has 0 amide bonds. The lowest BCUT2D eigenvalue weighted by atomic mass is 10.2. The van der Waals surface area contributed by atoms with Crippen LogP contribution in [0.15, 0.2) is 29.7 Å². The summed E-state index contributed by atoms with van der Waals surface area (Å²) in [5.74, 6) is 1.08. The Balaban J connectivity index is 1.87. The average molecular weight is 309 g/mol. The van der Waals surface area contributed by atoms with E-state index in [4.69, 9.17) is 0 Å². The molecular formula is C13H19N5O2S. The van der Waals surface area contributed by atoms with Crippen molar-refractivity contribution in [3.63, 3.8) is 0 Å². The molecule has 3 rings (SSSR count). The van der Waals surface area contributed by atoms with E-state index in [1.54, 1.807) is 17.1 Å². The van der Waals surface area contributed by atoms with Gasteiger partial charge >= 0.3 is 0 Å². The number of aryl methyl sites for hydroxylation is 2. The second-order valence-electron chi connectivity index (χ2n) is 5.36. The van der Waals surface area contributed by atoms with Crippen molar-refractivity contribution in [1.82, 2.24) is 24.1 Å². The van der Waals surface area contributed by atoms with Gasteiger partial charge in [0.2, 0.25) is 10.0 Å². The van der Waals surface area contributed by atoms with Gasteiger partial charge in [0.1, 0.15) is 10.7 Å². The van der Waals surface area contributed by atoms with E-state index in [0.717, 1.165) is 18.7 Å². The SMILES string of the molecule is CCn1cc(S(=O)(=O)N[C@@H](c2nccn2C)C2CC2)cn1.